The average molecular weight is 395 g/mol. The molecular formula is C19H24F3N5O. The monoisotopic (exact) mass is 395 g/mol. The van der Waals surface area contributed by atoms with Gasteiger partial charge >= 0.3 is 6.18 Å². The third-order valence-corrected chi connectivity index (χ3v) is 4.80. The third-order valence-electron chi connectivity index (χ3n) is 4.80. The number of alkyl halides is 3. The summed E-state index contributed by atoms with van der Waals surface area (Å²) in [5, 5.41) is 3.23. The molecule has 2 aromatic rings. The second-order valence-corrected chi connectivity index (χ2v) is 6.67. The van der Waals surface area contributed by atoms with Gasteiger partial charge in [-0.05, 0) is 32.0 Å². The van der Waals surface area contributed by atoms with Crippen LogP contribution >= 0.6 is 0 Å². The minimum atomic E-state index is -4.33. The maximum Gasteiger partial charge on any atom is 0.416 e. The lowest BCUT2D eigenvalue weighted by atomic mass is 10.1. The Labute approximate surface area is 162 Å². The van der Waals surface area contributed by atoms with Gasteiger partial charge in [-0.25, -0.2) is 4.98 Å². The molecule has 0 unspecified atom stereocenters. The zero-order chi connectivity index (χ0) is 20.3. The number of oxazole rings is 1. The Kier molecular flexibility index (Phi) is 5.81. The number of benzene rings is 1. The van der Waals surface area contributed by atoms with Crippen molar-refractivity contribution >= 4 is 11.6 Å². The van der Waals surface area contributed by atoms with Crippen molar-refractivity contribution < 1.29 is 17.6 Å². The predicted molar refractivity (Wildman–Crippen MR) is 101 cm³/mol. The molecule has 1 aliphatic heterocycles. The molecule has 152 valence electrons. The molecule has 1 fully saturated rings. The van der Waals surface area contributed by atoms with Crippen LogP contribution in [0.5, 0.6) is 0 Å². The van der Waals surface area contributed by atoms with Crippen LogP contribution in [0.2, 0.25) is 0 Å². The minimum Gasteiger partial charge on any atom is -0.444 e. The summed E-state index contributed by atoms with van der Waals surface area (Å²) < 4.78 is 44.4. The van der Waals surface area contributed by atoms with Crippen molar-refractivity contribution in [3.63, 3.8) is 0 Å². The first kappa shape index (κ1) is 20.0. The highest BCUT2D eigenvalue weighted by atomic mass is 19.4. The number of hydrogen-bond donors (Lipinski definition) is 1. The van der Waals surface area contributed by atoms with Gasteiger partial charge in [0, 0.05) is 38.9 Å². The van der Waals surface area contributed by atoms with Crippen LogP contribution in [0.15, 0.2) is 33.7 Å². The number of aromatic nitrogens is 1. The van der Waals surface area contributed by atoms with Gasteiger partial charge in [-0.2, -0.15) is 13.2 Å². The summed E-state index contributed by atoms with van der Waals surface area (Å²) in [6, 6.07) is 5.46. The van der Waals surface area contributed by atoms with Crippen LogP contribution < -0.4 is 10.2 Å². The second-order valence-electron chi connectivity index (χ2n) is 6.67. The molecule has 1 saturated heterocycles. The molecule has 0 aliphatic carbocycles. The predicted octanol–water partition coefficient (Wildman–Crippen LogP) is 3.21. The number of aliphatic imine (C=N–C) groups is 1. The molecule has 1 aromatic heterocycles. The number of anilines is 1. The summed E-state index contributed by atoms with van der Waals surface area (Å²) in [4.78, 5) is 12.7. The highest BCUT2D eigenvalue weighted by Gasteiger charge is 2.31. The number of rotatable bonds is 3. The van der Waals surface area contributed by atoms with Gasteiger partial charge in [-0.1, -0.05) is 6.07 Å². The molecule has 3 rings (SSSR count). The molecule has 1 aromatic carbocycles. The van der Waals surface area contributed by atoms with Crippen LogP contribution in [0, 0.1) is 13.8 Å². The maximum absolute atomic E-state index is 12.9. The Hall–Kier alpha value is -2.71. The normalized spacial score (nSPS) is 15.9. The van der Waals surface area contributed by atoms with Gasteiger partial charge in [0.1, 0.15) is 5.76 Å². The molecule has 0 amide bonds. The van der Waals surface area contributed by atoms with E-state index >= 15 is 0 Å². The first-order chi connectivity index (χ1) is 13.3. The van der Waals surface area contributed by atoms with Crippen LogP contribution in [0.1, 0.15) is 22.9 Å². The Morgan fingerprint density at radius 2 is 1.93 bits per heavy atom. The highest BCUT2D eigenvalue weighted by molar-refractivity contribution is 5.80. The van der Waals surface area contributed by atoms with Gasteiger partial charge in [0.05, 0.1) is 17.8 Å². The van der Waals surface area contributed by atoms with Crippen LogP contribution in [0.3, 0.4) is 0 Å². The number of nitrogens with one attached hydrogen (secondary N) is 1. The van der Waals surface area contributed by atoms with Crippen LogP contribution in [0.25, 0.3) is 0 Å². The molecule has 1 N–H and O–H groups in total. The van der Waals surface area contributed by atoms with Crippen molar-refractivity contribution in [3.8, 4) is 0 Å². The summed E-state index contributed by atoms with van der Waals surface area (Å²) in [6.07, 6.45) is -4.33. The first-order valence-electron chi connectivity index (χ1n) is 9.08. The maximum atomic E-state index is 12.9. The number of guanidine groups is 1. The number of hydrogen-bond acceptors (Lipinski definition) is 4. The number of piperazine rings is 1. The van der Waals surface area contributed by atoms with E-state index in [-0.39, 0.29) is 0 Å². The van der Waals surface area contributed by atoms with E-state index in [1.54, 1.807) is 13.1 Å². The van der Waals surface area contributed by atoms with E-state index in [1.165, 1.54) is 12.1 Å². The van der Waals surface area contributed by atoms with Crippen molar-refractivity contribution in [2.24, 2.45) is 4.99 Å². The number of nitrogens with zero attached hydrogens (tertiary/aromatic N) is 4. The fourth-order valence-electron chi connectivity index (χ4n) is 3.16. The smallest absolute Gasteiger partial charge is 0.416 e. The molecule has 6 nitrogen and oxygen atoms in total. The van der Waals surface area contributed by atoms with E-state index in [9.17, 15) is 13.2 Å². The van der Waals surface area contributed by atoms with E-state index in [0.29, 0.717) is 44.3 Å². The van der Waals surface area contributed by atoms with Gasteiger partial charge in [-0.15, -0.1) is 0 Å². The quantitative estimate of drug-likeness (QED) is 0.639. The Bertz CT molecular complexity index is 819. The van der Waals surface area contributed by atoms with Crippen molar-refractivity contribution in [1.29, 1.82) is 0 Å². The van der Waals surface area contributed by atoms with Gasteiger partial charge < -0.3 is 19.5 Å². The molecule has 1 aliphatic rings. The topological polar surface area (TPSA) is 56.9 Å². The molecule has 0 radical (unpaired) electrons. The van der Waals surface area contributed by atoms with Crippen LogP contribution in [0.4, 0.5) is 18.9 Å². The molecule has 0 bridgehead atoms. The summed E-state index contributed by atoms with van der Waals surface area (Å²) in [7, 11) is 1.70. The molecule has 28 heavy (non-hydrogen) atoms. The molecular weight excluding hydrogens is 371 g/mol. The largest absolute Gasteiger partial charge is 0.444 e. The summed E-state index contributed by atoms with van der Waals surface area (Å²) in [5.41, 5.74) is 0.825. The van der Waals surface area contributed by atoms with Crippen molar-refractivity contribution in [2.45, 2.75) is 26.6 Å². The standard InChI is InChI=1S/C19H24F3N5O/c1-13-14(2)28-17(25-13)12-24-18(23-3)27-9-7-26(8-10-27)16-6-4-5-15(11-16)19(20,21)22/h4-6,11H,7-10,12H2,1-3H3,(H,23,24). The molecule has 2 heterocycles. The Morgan fingerprint density at radius 1 is 1.21 bits per heavy atom. The molecule has 9 heteroatoms. The van der Waals surface area contributed by atoms with E-state index in [1.807, 2.05) is 18.7 Å². The zero-order valence-electron chi connectivity index (χ0n) is 16.2. The van der Waals surface area contributed by atoms with Gasteiger partial charge in [-0.3, -0.25) is 4.99 Å². The second kappa shape index (κ2) is 8.12. The van der Waals surface area contributed by atoms with E-state index < -0.39 is 11.7 Å². The fourth-order valence-corrected chi connectivity index (χ4v) is 3.16. The third kappa shape index (κ3) is 4.58. The van der Waals surface area contributed by atoms with E-state index in [2.05, 4.69) is 20.2 Å². The fraction of sp³-hybridized carbons (Fsp3) is 0.474. The van der Waals surface area contributed by atoms with Crippen molar-refractivity contribution in [1.82, 2.24) is 15.2 Å². The summed E-state index contributed by atoms with van der Waals surface area (Å²) in [6.45, 7) is 6.71. The number of halogens is 3. The van der Waals surface area contributed by atoms with E-state index in [0.717, 1.165) is 23.5 Å². The van der Waals surface area contributed by atoms with Gasteiger partial charge in [0.25, 0.3) is 0 Å². The minimum absolute atomic E-state index is 0.426. The molecule has 0 saturated carbocycles. The van der Waals surface area contributed by atoms with Crippen molar-refractivity contribution in [2.75, 3.05) is 38.1 Å². The Balaban J connectivity index is 1.58. The van der Waals surface area contributed by atoms with Crippen molar-refractivity contribution in [3.05, 3.63) is 47.2 Å². The highest BCUT2D eigenvalue weighted by Crippen LogP contribution is 2.31. The number of aryl methyl sites for hydroxylation is 2. The average Bonchev–Trinajstić information content (AvgIpc) is 3.00. The van der Waals surface area contributed by atoms with Crippen LogP contribution in [-0.4, -0.2) is 49.1 Å². The lowest BCUT2D eigenvalue weighted by Crippen LogP contribution is -2.52. The van der Waals surface area contributed by atoms with Crippen LogP contribution in [-0.2, 0) is 12.7 Å². The first-order valence-corrected chi connectivity index (χ1v) is 9.08. The Morgan fingerprint density at radius 3 is 2.50 bits per heavy atom. The van der Waals surface area contributed by atoms with Gasteiger partial charge in [0.15, 0.2) is 5.96 Å². The summed E-state index contributed by atoms with van der Waals surface area (Å²) >= 11 is 0. The van der Waals surface area contributed by atoms with Gasteiger partial charge in [0.2, 0.25) is 5.89 Å². The molecule has 0 atom stereocenters. The lowest BCUT2D eigenvalue weighted by Gasteiger charge is -2.37. The molecule has 0 spiro atoms. The SMILES string of the molecule is CN=C(NCc1nc(C)c(C)o1)N1CCN(c2cccc(C(F)(F)F)c2)CC1. The zero-order valence-corrected chi connectivity index (χ0v) is 16.2. The lowest BCUT2D eigenvalue weighted by molar-refractivity contribution is -0.137. The van der Waals surface area contributed by atoms with E-state index in [4.69, 9.17) is 4.42 Å². The summed E-state index contributed by atoms with van der Waals surface area (Å²) in [5.74, 6) is 2.11.